The van der Waals surface area contributed by atoms with Crippen molar-refractivity contribution in [2.45, 2.75) is 26.1 Å². The molecule has 2 atom stereocenters. The molecule has 1 fully saturated rings. The Morgan fingerprint density at radius 2 is 2.24 bits per heavy atom. The molecule has 3 rings (SSSR count). The number of carbonyl (C=O) groups excluding carboxylic acids is 1. The second-order valence-corrected chi connectivity index (χ2v) is 6.20. The van der Waals surface area contributed by atoms with Crippen molar-refractivity contribution < 1.29 is 19.1 Å². The maximum Gasteiger partial charge on any atom is 0.289 e. The molecule has 2 aromatic rings. The first-order valence-corrected chi connectivity index (χ1v) is 8.26. The number of hydrogen-bond donors (Lipinski definition) is 1. The van der Waals surface area contributed by atoms with E-state index < -0.39 is 6.10 Å². The summed E-state index contributed by atoms with van der Waals surface area (Å²) in [5.41, 5.74) is 0.451. The van der Waals surface area contributed by atoms with Crippen molar-refractivity contribution in [3.8, 4) is 11.8 Å². The highest BCUT2D eigenvalue weighted by molar-refractivity contribution is 5.91. The van der Waals surface area contributed by atoms with Gasteiger partial charge in [0.2, 0.25) is 0 Å². The number of carbonyl (C=O) groups is 1. The zero-order chi connectivity index (χ0) is 17.8. The second-order valence-electron chi connectivity index (χ2n) is 6.20. The predicted molar refractivity (Wildman–Crippen MR) is 89.9 cm³/mol. The molecule has 2 heterocycles. The van der Waals surface area contributed by atoms with Crippen molar-refractivity contribution in [3.63, 3.8) is 0 Å². The van der Waals surface area contributed by atoms with Gasteiger partial charge in [-0.3, -0.25) is 4.79 Å². The lowest BCUT2D eigenvalue weighted by atomic mass is 10.0. The summed E-state index contributed by atoms with van der Waals surface area (Å²) in [4.78, 5) is 14.2. The molecule has 1 N–H and O–H groups in total. The molecule has 6 heteroatoms. The summed E-state index contributed by atoms with van der Waals surface area (Å²) in [6.45, 7) is 3.05. The summed E-state index contributed by atoms with van der Waals surface area (Å²) in [6.07, 6.45) is 0.379. The van der Waals surface area contributed by atoms with Gasteiger partial charge in [-0.2, -0.15) is 5.26 Å². The van der Waals surface area contributed by atoms with Crippen LogP contribution in [0.15, 0.2) is 40.8 Å². The predicted octanol–water partition coefficient (Wildman–Crippen LogP) is 2.57. The molecule has 1 aliphatic heterocycles. The van der Waals surface area contributed by atoms with Crippen LogP contribution in [0.2, 0.25) is 0 Å². The molecule has 0 saturated carbocycles. The molecule has 6 nitrogen and oxygen atoms in total. The minimum absolute atomic E-state index is 0.115. The van der Waals surface area contributed by atoms with Gasteiger partial charge in [0, 0.05) is 19.0 Å². The molecule has 0 spiro atoms. The van der Waals surface area contributed by atoms with Crippen LogP contribution in [0.5, 0.6) is 5.75 Å². The lowest BCUT2D eigenvalue weighted by Gasteiger charge is -2.16. The number of ether oxygens (including phenoxy) is 1. The average Bonchev–Trinajstić information content (AvgIpc) is 3.29. The Hall–Kier alpha value is -2.78. The van der Waals surface area contributed by atoms with E-state index in [1.807, 2.05) is 0 Å². The lowest BCUT2D eigenvalue weighted by Crippen LogP contribution is -2.30. The molecule has 130 valence electrons. The molecule has 2 unspecified atom stereocenters. The highest BCUT2D eigenvalue weighted by atomic mass is 16.5. The first-order chi connectivity index (χ1) is 12.1. The average molecular weight is 340 g/mol. The van der Waals surface area contributed by atoms with Gasteiger partial charge in [-0.05, 0) is 37.6 Å². The minimum atomic E-state index is -0.418. The normalized spacial score (nSPS) is 18.0. The number of benzene rings is 1. The Morgan fingerprint density at radius 1 is 1.44 bits per heavy atom. The first-order valence-electron chi connectivity index (χ1n) is 8.26. The van der Waals surface area contributed by atoms with Crippen molar-refractivity contribution in [1.29, 1.82) is 5.26 Å². The largest absolute Gasteiger partial charge is 0.484 e. The first kappa shape index (κ1) is 17.1. The number of likely N-dealkylation sites (tertiary alicyclic amines) is 1. The molecule has 1 amide bonds. The Labute approximate surface area is 146 Å². The van der Waals surface area contributed by atoms with Crippen molar-refractivity contribution in [1.82, 2.24) is 4.90 Å². The molecule has 1 aliphatic rings. The van der Waals surface area contributed by atoms with E-state index in [1.165, 1.54) is 0 Å². The quantitative estimate of drug-likeness (QED) is 0.904. The topological polar surface area (TPSA) is 86.7 Å². The third-order valence-electron chi connectivity index (χ3n) is 4.44. The Morgan fingerprint density at radius 3 is 2.96 bits per heavy atom. The van der Waals surface area contributed by atoms with E-state index >= 15 is 0 Å². The van der Waals surface area contributed by atoms with Crippen molar-refractivity contribution in [3.05, 3.63) is 53.5 Å². The number of nitriles is 1. The number of nitrogens with zero attached hydrogens (tertiary/aromatic N) is 2. The fourth-order valence-electron chi connectivity index (χ4n) is 2.93. The van der Waals surface area contributed by atoms with Crippen LogP contribution in [0.1, 0.15) is 35.2 Å². The van der Waals surface area contributed by atoms with E-state index in [4.69, 9.17) is 14.4 Å². The minimum Gasteiger partial charge on any atom is -0.484 e. The van der Waals surface area contributed by atoms with Gasteiger partial charge in [0.1, 0.15) is 24.2 Å². The zero-order valence-corrected chi connectivity index (χ0v) is 14.0. The monoisotopic (exact) mass is 340 g/mol. The SMILES string of the molecule is CC(O)C1CCN(C(=O)c2ccc(COc3ccccc3C#N)o2)C1. The van der Waals surface area contributed by atoms with Crippen LogP contribution in [0.3, 0.4) is 0 Å². The van der Waals surface area contributed by atoms with E-state index in [9.17, 15) is 9.90 Å². The molecular formula is C19H20N2O4. The van der Waals surface area contributed by atoms with Gasteiger partial charge in [-0.25, -0.2) is 0 Å². The zero-order valence-electron chi connectivity index (χ0n) is 14.0. The number of para-hydroxylation sites is 1. The van der Waals surface area contributed by atoms with E-state index in [1.54, 1.807) is 48.2 Å². The number of aliphatic hydroxyl groups excluding tert-OH is 1. The maximum absolute atomic E-state index is 12.5. The summed E-state index contributed by atoms with van der Waals surface area (Å²) in [5, 5.41) is 18.7. The summed E-state index contributed by atoms with van der Waals surface area (Å²) >= 11 is 0. The Balaban J connectivity index is 1.61. The number of amides is 1. The van der Waals surface area contributed by atoms with Crippen molar-refractivity contribution in [2.75, 3.05) is 13.1 Å². The summed E-state index contributed by atoms with van der Waals surface area (Å²) in [5.74, 6) is 1.20. The van der Waals surface area contributed by atoms with Crippen LogP contribution in [0, 0.1) is 17.2 Å². The molecule has 0 bridgehead atoms. The number of furan rings is 1. The number of rotatable bonds is 5. The third kappa shape index (κ3) is 3.83. The van der Waals surface area contributed by atoms with Crippen molar-refractivity contribution in [2.24, 2.45) is 5.92 Å². The van der Waals surface area contributed by atoms with Gasteiger partial charge in [0.15, 0.2) is 5.76 Å². The number of hydrogen-bond acceptors (Lipinski definition) is 5. The van der Waals surface area contributed by atoms with Crippen LogP contribution in [0.25, 0.3) is 0 Å². The maximum atomic E-state index is 12.5. The van der Waals surface area contributed by atoms with Gasteiger partial charge in [-0.1, -0.05) is 12.1 Å². The lowest BCUT2D eigenvalue weighted by molar-refractivity contribution is 0.0727. The second kappa shape index (κ2) is 7.41. The van der Waals surface area contributed by atoms with Crippen molar-refractivity contribution >= 4 is 5.91 Å². The van der Waals surface area contributed by atoms with E-state index in [0.717, 1.165) is 6.42 Å². The van der Waals surface area contributed by atoms with Crippen LogP contribution in [-0.2, 0) is 6.61 Å². The fourth-order valence-corrected chi connectivity index (χ4v) is 2.93. The molecule has 25 heavy (non-hydrogen) atoms. The summed E-state index contributed by atoms with van der Waals surface area (Å²) < 4.78 is 11.2. The fraction of sp³-hybridized carbons (Fsp3) is 0.368. The van der Waals surface area contributed by atoms with Crippen LogP contribution in [-0.4, -0.2) is 35.1 Å². The Bertz CT molecular complexity index is 791. The standard InChI is InChI=1S/C19H20N2O4/c1-13(22)15-8-9-21(11-15)19(23)18-7-6-16(25-18)12-24-17-5-3-2-4-14(17)10-20/h2-7,13,15,22H,8-9,11-12H2,1H3. The van der Waals surface area contributed by atoms with E-state index in [0.29, 0.717) is 30.2 Å². The Kier molecular flexibility index (Phi) is 5.05. The summed E-state index contributed by atoms with van der Waals surface area (Å²) in [7, 11) is 0. The van der Waals surface area contributed by atoms with Gasteiger partial charge in [-0.15, -0.1) is 0 Å². The van der Waals surface area contributed by atoms with E-state index in [-0.39, 0.29) is 24.2 Å². The number of aliphatic hydroxyl groups is 1. The van der Waals surface area contributed by atoms with Gasteiger partial charge < -0.3 is 19.2 Å². The third-order valence-corrected chi connectivity index (χ3v) is 4.44. The van der Waals surface area contributed by atoms with E-state index in [2.05, 4.69) is 6.07 Å². The molecule has 0 aliphatic carbocycles. The molecule has 1 aromatic carbocycles. The highest BCUT2D eigenvalue weighted by Crippen LogP contribution is 2.23. The van der Waals surface area contributed by atoms with Crippen LogP contribution in [0.4, 0.5) is 0 Å². The van der Waals surface area contributed by atoms with Gasteiger partial charge >= 0.3 is 0 Å². The highest BCUT2D eigenvalue weighted by Gasteiger charge is 2.30. The van der Waals surface area contributed by atoms with Gasteiger partial charge in [0.05, 0.1) is 11.7 Å². The molecule has 1 saturated heterocycles. The molecule has 1 aromatic heterocycles. The van der Waals surface area contributed by atoms with Gasteiger partial charge in [0.25, 0.3) is 5.91 Å². The van der Waals surface area contributed by atoms with Crippen LogP contribution < -0.4 is 4.74 Å². The molecule has 0 radical (unpaired) electrons. The van der Waals surface area contributed by atoms with Crippen LogP contribution >= 0.6 is 0 Å². The smallest absolute Gasteiger partial charge is 0.289 e. The summed E-state index contributed by atoms with van der Waals surface area (Å²) in [6, 6.07) is 12.4. The molecular weight excluding hydrogens is 320 g/mol.